The fourth-order valence-electron chi connectivity index (χ4n) is 8.42. The van der Waals surface area contributed by atoms with Crippen LogP contribution >= 0.6 is 0 Å². The van der Waals surface area contributed by atoms with Crippen LogP contribution in [0.3, 0.4) is 0 Å². The standard InChI is InChI=1S/C28H43NO7.Ac/c1-13(11-29)21(30)24(32)36-18-10-28(34)17(5)22-26(8,14(2)9-19-27(22,33)12-35-19)23(31)16(4)20(15(18)3)25(28,6)7;/h11,13-14,16-19,21-22,29-30,33-34H,9-10,12H2,1-8H3;/t13?,14-,16+,17-,18?,19?,21?,22?,26+,27-,28?;/m0./s1. The van der Waals surface area contributed by atoms with Crippen molar-refractivity contribution in [3.05, 3.63) is 11.1 Å². The van der Waals surface area contributed by atoms with Gasteiger partial charge < -0.3 is 30.2 Å². The van der Waals surface area contributed by atoms with Gasteiger partial charge in [0.25, 0.3) is 0 Å². The van der Waals surface area contributed by atoms with Gasteiger partial charge in [-0.15, -0.1) is 0 Å². The van der Waals surface area contributed by atoms with Gasteiger partial charge in [-0.25, -0.2) is 4.79 Å². The van der Waals surface area contributed by atoms with Gasteiger partial charge in [0.05, 0.1) is 18.3 Å². The van der Waals surface area contributed by atoms with Gasteiger partial charge in [0, 0.05) is 85.3 Å². The molecule has 1 radical (unpaired) electrons. The minimum atomic E-state index is -1.50. The van der Waals surface area contributed by atoms with Crippen molar-refractivity contribution in [1.29, 1.82) is 5.41 Å². The molecule has 4 aliphatic rings. The zero-order chi connectivity index (χ0) is 27.2. The van der Waals surface area contributed by atoms with Crippen LogP contribution in [0.1, 0.15) is 68.2 Å². The largest absolute Gasteiger partial charge is 0.456 e. The van der Waals surface area contributed by atoms with Crippen LogP contribution in [0.2, 0.25) is 0 Å². The number of ether oxygens (including phenoxy) is 2. The summed E-state index contributed by atoms with van der Waals surface area (Å²) in [4.78, 5) is 27.2. The predicted octanol–water partition coefficient (Wildman–Crippen LogP) is 2.67. The Kier molecular flexibility index (Phi) is 8.50. The van der Waals surface area contributed by atoms with Crippen molar-refractivity contribution in [2.24, 2.45) is 40.4 Å². The summed E-state index contributed by atoms with van der Waals surface area (Å²) in [6.45, 7) is 15.1. The molecule has 1 saturated heterocycles. The number of aliphatic hydroxyl groups excluding tert-OH is 1. The van der Waals surface area contributed by atoms with E-state index in [1.807, 2.05) is 48.5 Å². The van der Waals surface area contributed by atoms with E-state index in [-0.39, 0.29) is 74.9 Å². The van der Waals surface area contributed by atoms with Gasteiger partial charge in [-0.1, -0.05) is 48.5 Å². The summed E-state index contributed by atoms with van der Waals surface area (Å²) in [5.41, 5.74) is -2.88. The minimum Gasteiger partial charge on any atom is -0.456 e. The number of nitrogens with one attached hydrogen (secondary N) is 1. The Labute approximate surface area is 256 Å². The fraction of sp³-hybridized carbons (Fsp3) is 0.821. The Morgan fingerprint density at radius 1 is 1.22 bits per heavy atom. The Morgan fingerprint density at radius 3 is 2.32 bits per heavy atom. The molecule has 0 aromatic carbocycles. The van der Waals surface area contributed by atoms with Crippen molar-refractivity contribution >= 4 is 18.0 Å². The summed E-state index contributed by atoms with van der Waals surface area (Å²) in [6, 6.07) is 0. The van der Waals surface area contributed by atoms with Gasteiger partial charge in [0.15, 0.2) is 6.10 Å². The summed E-state index contributed by atoms with van der Waals surface area (Å²) in [5, 5.41) is 42.2. The molecule has 2 saturated carbocycles. The molecule has 2 bridgehead atoms. The SMILES string of the molecule is CC1=C2[C@@H](C)C(=O)[C@@]3(C)C([C@H](C)C(O)(CC1OC(=O)C(O)C(C)C=N)C2(C)C)[C@]1(O)COC1C[C@@H]3C.[Ac]. The van der Waals surface area contributed by atoms with Crippen LogP contribution in [0.25, 0.3) is 0 Å². The van der Waals surface area contributed by atoms with E-state index in [2.05, 4.69) is 0 Å². The third kappa shape index (κ3) is 4.12. The smallest absolute Gasteiger partial charge is 0.336 e. The number of ketones is 1. The molecular formula is C28H43AcNO7. The molecule has 3 fully saturated rings. The van der Waals surface area contributed by atoms with Crippen LogP contribution in [0.5, 0.6) is 0 Å². The molecule has 0 aromatic heterocycles. The van der Waals surface area contributed by atoms with E-state index in [0.717, 1.165) is 17.4 Å². The van der Waals surface area contributed by atoms with Crippen molar-refractivity contribution in [2.45, 2.75) is 97.7 Å². The summed E-state index contributed by atoms with van der Waals surface area (Å²) in [6.07, 6.45) is -1.07. The summed E-state index contributed by atoms with van der Waals surface area (Å²) < 4.78 is 11.5. The number of hydrogen-bond acceptors (Lipinski definition) is 8. The third-order valence-electron chi connectivity index (χ3n) is 10.9. The molecule has 0 amide bonds. The average molecular weight is 733 g/mol. The second kappa shape index (κ2) is 10.0. The van der Waals surface area contributed by atoms with Crippen molar-refractivity contribution in [2.75, 3.05) is 6.61 Å². The zero-order valence-electron chi connectivity index (χ0n) is 23.4. The van der Waals surface area contributed by atoms with E-state index in [1.165, 1.54) is 0 Å². The first-order chi connectivity index (χ1) is 16.5. The van der Waals surface area contributed by atoms with Crippen molar-refractivity contribution in [3.8, 4) is 0 Å². The molecule has 0 spiro atoms. The van der Waals surface area contributed by atoms with Crippen molar-refractivity contribution in [3.63, 3.8) is 0 Å². The number of hydrogen-bond donors (Lipinski definition) is 4. The monoisotopic (exact) mass is 732 g/mol. The van der Waals surface area contributed by atoms with Gasteiger partial charge in [0.1, 0.15) is 17.5 Å². The van der Waals surface area contributed by atoms with E-state index in [0.29, 0.717) is 6.42 Å². The van der Waals surface area contributed by atoms with E-state index in [9.17, 15) is 24.9 Å². The van der Waals surface area contributed by atoms with Crippen LogP contribution in [0.4, 0.5) is 0 Å². The van der Waals surface area contributed by atoms with Crippen LogP contribution in [0, 0.1) is 89.9 Å². The number of Topliss-reactive ketones (excluding diaryl/α,β-unsaturated/α-hetero) is 1. The second-order valence-corrected chi connectivity index (χ2v) is 12.8. The Hall–Kier alpha value is -0.168. The molecule has 205 valence electrons. The number of aliphatic hydroxyl groups is 3. The van der Waals surface area contributed by atoms with E-state index in [4.69, 9.17) is 14.9 Å². The van der Waals surface area contributed by atoms with Crippen LogP contribution < -0.4 is 0 Å². The molecule has 6 unspecified atom stereocenters. The molecule has 9 heteroatoms. The quantitative estimate of drug-likeness (QED) is 0.198. The normalized spacial score (nSPS) is 46.1. The number of esters is 1. The topological polar surface area (TPSA) is 137 Å². The Morgan fingerprint density at radius 2 is 1.81 bits per heavy atom. The maximum absolute atomic E-state index is 14.4. The average Bonchev–Trinajstić information content (AvgIpc) is 2.81. The first kappa shape index (κ1) is 31.4. The van der Waals surface area contributed by atoms with Gasteiger partial charge in [-0.3, -0.25) is 4.79 Å². The number of rotatable bonds is 4. The minimum absolute atomic E-state index is 0. The van der Waals surface area contributed by atoms with Crippen molar-refractivity contribution in [1.82, 2.24) is 0 Å². The first-order valence-corrected chi connectivity index (χ1v) is 13.2. The van der Waals surface area contributed by atoms with Gasteiger partial charge in [0.2, 0.25) is 0 Å². The van der Waals surface area contributed by atoms with Crippen molar-refractivity contribution < 1.29 is 78.4 Å². The summed E-state index contributed by atoms with van der Waals surface area (Å²) in [5.74, 6) is -3.24. The molecule has 4 N–H and O–H groups in total. The molecule has 37 heavy (non-hydrogen) atoms. The molecule has 3 aliphatic carbocycles. The summed E-state index contributed by atoms with van der Waals surface area (Å²) in [7, 11) is 0. The zero-order valence-corrected chi connectivity index (χ0v) is 28.1. The molecular weight excluding hydrogens is 689 g/mol. The molecule has 1 aliphatic heterocycles. The first-order valence-electron chi connectivity index (χ1n) is 13.2. The van der Waals surface area contributed by atoms with E-state index < -0.39 is 63.9 Å². The molecule has 11 atom stereocenters. The molecule has 4 rings (SSSR count). The van der Waals surface area contributed by atoms with Gasteiger partial charge in [-0.2, -0.15) is 0 Å². The Balaban J connectivity index is 0.00000380. The predicted molar refractivity (Wildman–Crippen MR) is 133 cm³/mol. The van der Waals surface area contributed by atoms with Crippen LogP contribution in [-0.4, -0.2) is 69.4 Å². The number of fused-ring (bicyclic) bond motifs is 5. The van der Waals surface area contributed by atoms with Gasteiger partial charge in [-0.05, 0) is 36.3 Å². The third-order valence-corrected chi connectivity index (χ3v) is 10.9. The second-order valence-electron chi connectivity index (χ2n) is 12.8. The summed E-state index contributed by atoms with van der Waals surface area (Å²) >= 11 is 0. The van der Waals surface area contributed by atoms with E-state index >= 15 is 0 Å². The fourth-order valence-corrected chi connectivity index (χ4v) is 8.42. The van der Waals surface area contributed by atoms with Crippen LogP contribution in [-0.2, 0) is 19.1 Å². The molecule has 1 heterocycles. The maximum atomic E-state index is 14.4. The Bertz CT molecular complexity index is 1010. The molecule has 0 aromatic rings. The number of carbonyl (C=O) groups is 2. The van der Waals surface area contributed by atoms with E-state index in [1.54, 1.807) is 6.92 Å². The number of carbonyl (C=O) groups excluding carboxylic acids is 2. The maximum Gasteiger partial charge on any atom is 0.336 e. The molecule has 8 nitrogen and oxygen atoms in total. The van der Waals surface area contributed by atoms with Gasteiger partial charge >= 0.3 is 5.97 Å². The van der Waals surface area contributed by atoms with Crippen LogP contribution in [0.15, 0.2) is 11.1 Å².